The molecule has 0 radical (unpaired) electrons. The lowest BCUT2D eigenvalue weighted by atomic mass is 9.94. The number of aromatic amines is 1. The summed E-state index contributed by atoms with van der Waals surface area (Å²) in [5.74, 6) is 0.421. The number of carbonyl (C=O) groups is 1. The zero-order chi connectivity index (χ0) is 14.8. The third kappa shape index (κ3) is 2.65. The largest absolute Gasteiger partial charge is 0.378 e. The van der Waals surface area contributed by atoms with Gasteiger partial charge in [0, 0.05) is 37.9 Å². The van der Waals surface area contributed by atoms with Crippen LogP contribution in [0, 0.1) is 6.92 Å². The number of rotatable bonds is 3. The highest BCUT2D eigenvalue weighted by molar-refractivity contribution is 7.10. The lowest BCUT2D eigenvalue weighted by molar-refractivity contribution is 0.0706. The highest BCUT2D eigenvalue weighted by Crippen LogP contribution is 2.30. The average molecular weight is 305 g/mol. The van der Waals surface area contributed by atoms with E-state index in [0.717, 1.165) is 42.3 Å². The fourth-order valence-electron chi connectivity index (χ4n) is 2.86. The number of aromatic nitrogens is 3. The molecule has 3 rings (SSSR count). The molecule has 112 valence electrons. The van der Waals surface area contributed by atoms with Crippen LogP contribution < -0.4 is 5.32 Å². The second-order valence-electron chi connectivity index (χ2n) is 5.32. The predicted molar refractivity (Wildman–Crippen MR) is 82.9 cm³/mol. The van der Waals surface area contributed by atoms with E-state index in [1.807, 2.05) is 24.9 Å². The molecule has 7 heteroatoms. The Labute approximate surface area is 127 Å². The van der Waals surface area contributed by atoms with E-state index in [4.69, 9.17) is 0 Å². The molecule has 1 amide bonds. The van der Waals surface area contributed by atoms with Crippen molar-refractivity contribution in [2.24, 2.45) is 0 Å². The Morgan fingerprint density at radius 1 is 1.57 bits per heavy atom. The Morgan fingerprint density at radius 2 is 2.43 bits per heavy atom. The van der Waals surface area contributed by atoms with Crippen molar-refractivity contribution < 1.29 is 4.79 Å². The van der Waals surface area contributed by atoms with Gasteiger partial charge in [0.15, 0.2) is 0 Å². The molecule has 1 saturated heterocycles. The molecule has 1 aliphatic rings. The zero-order valence-corrected chi connectivity index (χ0v) is 13.0. The van der Waals surface area contributed by atoms with E-state index in [1.165, 1.54) is 11.5 Å². The molecular weight excluding hydrogens is 286 g/mol. The number of amides is 1. The summed E-state index contributed by atoms with van der Waals surface area (Å²) in [7, 11) is 1.83. The highest BCUT2D eigenvalue weighted by Gasteiger charge is 2.29. The quantitative estimate of drug-likeness (QED) is 0.912. The standard InChI is InChI=1S/C14H19N5OS/c1-9-12(13(15-2)21-18-9)14(20)19-7-3-4-10(8-19)11-5-6-16-17-11/h5-6,10,15H,3-4,7-8H2,1-2H3,(H,16,17). The molecule has 0 bridgehead atoms. The smallest absolute Gasteiger partial charge is 0.258 e. The maximum absolute atomic E-state index is 12.8. The maximum Gasteiger partial charge on any atom is 0.258 e. The lowest BCUT2D eigenvalue weighted by Gasteiger charge is -2.32. The summed E-state index contributed by atoms with van der Waals surface area (Å²) in [5.41, 5.74) is 2.63. The maximum atomic E-state index is 12.8. The molecule has 0 saturated carbocycles. The van der Waals surface area contributed by atoms with Crippen LogP contribution in [0.15, 0.2) is 12.3 Å². The van der Waals surface area contributed by atoms with Gasteiger partial charge in [-0.3, -0.25) is 9.89 Å². The summed E-state index contributed by atoms with van der Waals surface area (Å²) >= 11 is 1.34. The Morgan fingerprint density at radius 3 is 3.14 bits per heavy atom. The number of H-pyrrole nitrogens is 1. The van der Waals surface area contributed by atoms with Gasteiger partial charge in [-0.25, -0.2) is 0 Å². The monoisotopic (exact) mass is 305 g/mol. The first kappa shape index (κ1) is 14.1. The van der Waals surface area contributed by atoms with Crippen LogP contribution in [0.3, 0.4) is 0 Å². The van der Waals surface area contributed by atoms with Crippen LogP contribution in [-0.2, 0) is 0 Å². The summed E-state index contributed by atoms with van der Waals surface area (Å²) in [6.45, 7) is 3.43. The molecule has 1 aliphatic heterocycles. The van der Waals surface area contributed by atoms with E-state index >= 15 is 0 Å². The van der Waals surface area contributed by atoms with Gasteiger partial charge in [0.05, 0.1) is 11.3 Å². The molecule has 1 fully saturated rings. The van der Waals surface area contributed by atoms with E-state index in [-0.39, 0.29) is 5.91 Å². The van der Waals surface area contributed by atoms with Gasteiger partial charge >= 0.3 is 0 Å². The Bertz CT molecular complexity index is 621. The SMILES string of the molecule is CNc1snc(C)c1C(=O)N1CCCC(c2ccn[nH]2)C1. The zero-order valence-electron chi connectivity index (χ0n) is 12.2. The number of carbonyl (C=O) groups excluding carboxylic acids is 1. The van der Waals surface area contributed by atoms with Crippen LogP contribution in [0.25, 0.3) is 0 Å². The van der Waals surface area contributed by atoms with Crippen LogP contribution >= 0.6 is 11.5 Å². The first-order chi connectivity index (χ1) is 10.2. The van der Waals surface area contributed by atoms with E-state index in [0.29, 0.717) is 11.5 Å². The Balaban J connectivity index is 1.80. The van der Waals surface area contributed by atoms with Crippen molar-refractivity contribution in [3.05, 3.63) is 29.2 Å². The van der Waals surface area contributed by atoms with E-state index in [1.54, 1.807) is 6.20 Å². The first-order valence-electron chi connectivity index (χ1n) is 7.13. The van der Waals surface area contributed by atoms with Gasteiger partial charge in [-0.2, -0.15) is 9.47 Å². The van der Waals surface area contributed by atoms with Crippen LogP contribution in [0.1, 0.15) is 40.5 Å². The fraction of sp³-hybridized carbons (Fsp3) is 0.500. The normalized spacial score (nSPS) is 18.8. The number of nitrogens with zero attached hydrogens (tertiary/aromatic N) is 3. The van der Waals surface area contributed by atoms with Crippen LogP contribution in [0.5, 0.6) is 0 Å². The fourth-order valence-corrected chi connectivity index (χ4v) is 3.60. The molecule has 1 atom stereocenters. The van der Waals surface area contributed by atoms with Crippen molar-refractivity contribution in [2.75, 3.05) is 25.5 Å². The molecule has 0 aliphatic carbocycles. The van der Waals surface area contributed by atoms with Crippen molar-refractivity contribution in [3.63, 3.8) is 0 Å². The van der Waals surface area contributed by atoms with E-state index < -0.39 is 0 Å². The summed E-state index contributed by atoms with van der Waals surface area (Å²) in [6, 6.07) is 2.00. The number of anilines is 1. The van der Waals surface area contributed by atoms with Crippen molar-refractivity contribution in [2.45, 2.75) is 25.7 Å². The number of nitrogens with one attached hydrogen (secondary N) is 2. The van der Waals surface area contributed by atoms with Crippen molar-refractivity contribution in [3.8, 4) is 0 Å². The van der Waals surface area contributed by atoms with Gasteiger partial charge < -0.3 is 10.2 Å². The van der Waals surface area contributed by atoms with Gasteiger partial charge in [-0.05, 0) is 37.4 Å². The van der Waals surface area contributed by atoms with Crippen LogP contribution in [0.4, 0.5) is 5.00 Å². The Hall–Kier alpha value is -1.89. The molecule has 1 unspecified atom stereocenters. The van der Waals surface area contributed by atoms with Gasteiger partial charge in [-0.1, -0.05) is 0 Å². The highest BCUT2D eigenvalue weighted by atomic mass is 32.1. The predicted octanol–water partition coefficient (Wildman–Crippen LogP) is 2.24. The van der Waals surface area contributed by atoms with Gasteiger partial charge in [0.1, 0.15) is 5.00 Å². The van der Waals surface area contributed by atoms with Crippen LogP contribution in [-0.4, -0.2) is 45.5 Å². The molecule has 0 spiro atoms. The summed E-state index contributed by atoms with van der Waals surface area (Å²) < 4.78 is 4.29. The van der Waals surface area contributed by atoms with Crippen LogP contribution in [0.2, 0.25) is 0 Å². The molecule has 3 heterocycles. The van der Waals surface area contributed by atoms with Gasteiger partial charge in [0.25, 0.3) is 5.91 Å². The van der Waals surface area contributed by atoms with E-state index in [2.05, 4.69) is 19.9 Å². The molecule has 2 aromatic rings. The topological polar surface area (TPSA) is 73.9 Å². The third-order valence-corrected chi connectivity index (χ3v) is 4.93. The molecule has 2 N–H and O–H groups in total. The minimum Gasteiger partial charge on any atom is -0.378 e. The van der Waals surface area contributed by atoms with Crippen molar-refractivity contribution >= 4 is 22.4 Å². The number of aryl methyl sites for hydroxylation is 1. The first-order valence-corrected chi connectivity index (χ1v) is 7.90. The minimum absolute atomic E-state index is 0.0785. The summed E-state index contributed by atoms with van der Waals surface area (Å²) in [5, 5.41) is 11.0. The number of piperidine rings is 1. The minimum atomic E-state index is 0.0785. The molecular formula is C14H19N5OS. The van der Waals surface area contributed by atoms with Gasteiger partial charge in [-0.15, -0.1) is 0 Å². The molecule has 2 aromatic heterocycles. The lowest BCUT2D eigenvalue weighted by Crippen LogP contribution is -2.39. The number of hydrogen-bond donors (Lipinski definition) is 2. The van der Waals surface area contributed by atoms with Crippen molar-refractivity contribution in [1.29, 1.82) is 0 Å². The molecule has 21 heavy (non-hydrogen) atoms. The van der Waals surface area contributed by atoms with E-state index in [9.17, 15) is 4.79 Å². The molecule has 6 nitrogen and oxygen atoms in total. The second kappa shape index (κ2) is 5.85. The van der Waals surface area contributed by atoms with Crippen molar-refractivity contribution in [1.82, 2.24) is 19.5 Å². The van der Waals surface area contributed by atoms with Gasteiger partial charge in [0.2, 0.25) is 0 Å². The number of hydrogen-bond acceptors (Lipinski definition) is 5. The number of likely N-dealkylation sites (tertiary alicyclic amines) is 1. The summed E-state index contributed by atoms with van der Waals surface area (Å²) in [4.78, 5) is 14.7. The summed E-state index contributed by atoms with van der Waals surface area (Å²) in [6.07, 6.45) is 3.87. The second-order valence-corrected chi connectivity index (χ2v) is 6.10. The third-order valence-electron chi connectivity index (χ3n) is 3.97. The Kier molecular flexibility index (Phi) is 3.92. The molecule has 0 aromatic carbocycles. The average Bonchev–Trinajstić information content (AvgIpc) is 3.16.